The van der Waals surface area contributed by atoms with Crippen molar-refractivity contribution in [3.05, 3.63) is 46.4 Å². The van der Waals surface area contributed by atoms with E-state index in [1.165, 1.54) is 27.2 Å². The van der Waals surface area contributed by atoms with Crippen LogP contribution in [0.2, 0.25) is 0 Å². The van der Waals surface area contributed by atoms with Gasteiger partial charge in [0.1, 0.15) is 0 Å². The van der Waals surface area contributed by atoms with Crippen molar-refractivity contribution in [3.8, 4) is 0 Å². The third-order valence-electron chi connectivity index (χ3n) is 3.03. The van der Waals surface area contributed by atoms with Gasteiger partial charge in [-0.05, 0) is 40.8 Å². The number of halogens is 1. The Labute approximate surface area is 99.4 Å². The van der Waals surface area contributed by atoms with Crippen LogP contribution in [0.15, 0.2) is 40.9 Å². The highest BCUT2D eigenvalue weighted by molar-refractivity contribution is 9.10. The van der Waals surface area contributed by atoms with E-state index < -0.39 is 0 Å². The fourth-order valence-electron chi connectivity index (χ4n) is 1.79. The first kappa shape index (κ1) is 10.7. The predicted molar refractivity (Wildman–Crippen MR) is 70.4 cm³/mol. The molecule has 78 valence electrons. The van der Waals surface area contributed by atoms with Gasteiger partial charge in [-0.1, -0.05) is 54.0 Å². The van der Waals surface area contributed by atoms with Crippen molar-refractivity contribution >= 4 is 26.7 Å². The summed E-state index contributed by atoms with van der Waals surface area (Å²) in [6, 6.07) is 13.1. The van der Waals surface area contributed by atoms with E-state index in [0.29, 0.717) is 5.92 Å². The maximum absolute atomic E-state index is 3.60. The molecule has 0 N–H and O–H groups in total. The number of fused-ring (bicyclic) bond motifs is 1. The van der Waals surface area contributed by atoms with E-state index in [4.69, 9.17) is 0 Å². The Morgan fingerprint density at radius 3 is 2.73 bits per heavy atom. The standard InChI is InChI=1S/C14H15Br/c1-3-10(2)12-8-7-11-5-4-6-14(15)13(11)9-12/h4-10H,3H2,1-2H3. The van der Waals surface area contributed by atoms with Crippen molar-refractivity contribution in [2.24, 2.45) is 0 Å². The van der Waals surface area contributed by atoms with Crippen LogP contribution in [-0.2, 0) is 0 Å². The zero-order valence-corrected chi connectivity index (χ0v) is 10.7. The van der Waals surface area contributed by atoms with Crippen LogP contribution in [0, 0.1) is 0 Å². The number of hydrogen-bond donors (Lipinski definition) is 0. The lowest BCUT2D eigenvalue weighted by Crippen LogP contribution is -1.90. The van der Waals surface area contributed by atoms with Crippen molar-refractivity contribution < 1.29 is 0 Å². The highest BCUT2D eigenvalue weighted by Gasteiger charge is 2.04. The zero-order chi connectivity index (χ0) is 10.8. The quantitative estimate of drug-likeness (QED) is 0.705. The molecule has 1 heteroatoms. The van der Waals surface area contributed by atoms with Gasteiger partial charge in [0.25, 0.3) is 0 Å². The summed E-state index contributed by atoms with van der Waals surface area (Å²) in [5.74, 6) is 0.640. The Kier molecular flexibility index (Phi) is 3.11. The Morgan fingerprint density at radius 2 is 2.00 bits per heavy atom. The SMILES string of the molecule is CCC(C)c1ccc2cccc(Br)c2c1. The zero-order valence-electron chi connectivity index (χ0n) is 9.13. The first-order valence-corrected chi connectivity index (χ1v) is 6.20. The minimum Gasteiger partial charge on any atom is -0.0648 e. The van der Waals surface area contributed by atoms with E-state index in [1.54, 1.807) is 0 Å². The van der Waals surface area contributed by atoms with Crippen LogP contribution in [0.4, 0.5) is 0 Å². The summed E-state index contributed by atoms with van der Waals surface area (Å²) < 4.78 is 1.19. The fourth-order valence-corrected chi connectivity index (χ4v) is 2.29. The van der Waals surface area contributed by atoms with Crippen molar-refractivity contribution in [3.63, 3.8) is 0 Å². The van der Waals surface area contributed by atoms with Crippen molar-refractivity contribution in [2.75, 3.05) is 0 Å². The molecule has 2 rings (SSSR count). The summed E-state index contributed by atoms with van der Waals surface area (Å²) in [7, 11) is 0. The maximum Gasteiger partial charge on any atom is 0.0253 e. The Morgan fingerprint density at radius 1 is 1.20 bits per heavy atom. The largest absolute Gasteiger partial charge is 0.0648 e. The molecule has 0 aromatic heterocycles. The molecule has 0 nitrogen and oxygen atoms in total. The van der Waals surface area contributed by atoms with Crippen LogP contribution in [0.25, 0.3) is 10.8 Å². The minimum atomic E-state index is 0.640. The van der Waals surface area contributed by atoms with Crippen LogP contribution in [0.5, 0.6) is 0 Å². The van der Waals surface area contributed by atoms with E-state index in [2.05, 4.69) is 66.2 Å². The highest BCUT2D eigenvalue weighted by atomic mass is 79.9. The summed E-state index contributed by atoms with van der Waals surface area (Å²) in [5.41, 5.74) is 1.43. The molecule has 2 aromatic carbocycles. The van der Waals surface area contributed by atoms with E-state index >= 15 is 0 Å². The van der Waals surface area contributed by atoms with E-state index in [9.17, 15) is 0 Å². The summed E-state index contributed by atoms with van der Waals surface area (Å²) in [6.45, 7) is 4.51. The van der Waals surface area contributed by atoms with Crippen molar-refractivity contribution in [2.45, 2.75) is 26.2 Å². The van der Waals surface area contributed by atoms with E-state index in [1.807, 2.05) is 0 Å². The van der Waals surface area contributed by atoms with Gasteiger partial charge in [0.2, 0.25) is 0 Å². The van der Waals surface area contributed by atoms with E-state index in [-0.39, 0.29) is 0 Å². The summed E-state index contributed by atoms with van der Waals surface area (Å²) in [4.78, 5) is 0. The lowest BCUT2D eigenvalue weighted by molar-refractivity contribution is 0.735. The monoisotopic (exact) mass is 262 g/mol. The molecular formula is C14H15Br. The van der Waals surface area contributed by atoms with Crippen LogP contribution < -0.4 is 0 Å². The second kappa shape index (κ2) is 4.36. The van der Waals surface area contributed by atoms with Gasteiger partial charge in [-0.15, -0.1) is 0 Å². The predicted octanol–water partition coefficient (Wildman–Crippen LogP) is 5.12. The Bertz CT molecular complexity index is 474. The molecule has 0 amide bonds. The van der Waals surface area contributed by atoms with Gasteiger partial charge in [0, 0.05) is 4.47 Å². The highest BCUT2D eigenvalue weighted by Crippen LogP contribution is 2.28. The molecule has 0 aliphatic rings. The van der Waals surface area contributed by atoms with Gasteiger partial charge in [0.15, 0.2) is 0 Å². The van der Waals surface area contributed by atoms with Crippen molar-refractivity contribution in [1.82, 2.24) is 0 Å². The van der Waals surface area contributed by atoms with Crippen LogP contribution in [0.1, 0.15) is 31.7 Å². The van der Waals surface area contributed by atoms with Gasteiger partial charge in [-0.25, -0.2) is 0 Å². The normalized spacial score (nSPS) is 13.0. The molecular weight excluding hydrogens is 248 g/mol. The maximum atomic E-state index is 3.60. The molecule has 0 saturated carbocycles. The number of benzene rings is 2. The molecule has 2 aromatic rings. The smallest absolute Gasteiger partial charge is 0.0253 e. The van der Waals surface area contributed by atoms with Crippen LogP contribution in [0.3, 0.4) is 0 Å². The molecule has 15 heavy (non-hydrogen) atoms. The van der Waals surface area contributed by atoms with Gasteiger partial charge in [0.05, 0.1) is 0 Å². The molecule has 0 bridgehead atoms. The summed E-state index contributed by atoms with van der Waals surface area (Å²) in [6.07, 6.45) is 1.19. The topological polar surface area (TPSA) is 0 Å². The average molecular weight is 263 g/mol. The first-order valence-electron chi connectivity index (χ1n) is 5.40. The fraction of sp³-hybridized carbons (Fsp3) is 0.286. The number of hydrogen-bond acceptors (Lipinski definition) is 0. The van der Waals surface area contributed by atoms with Gasteiger partial charge < -0.3 is 0 Å². The molecule has 0 heterocycles. The van der Waals surface area contributed by atoms with Crippen LogP contribution >= 0.6 is 15.9 Å². The lowest BCUT2D eigenvalue weighted by Gasteiger charge is -2.10. The molecule has 0 saturated heterocycles. The number of rotatable bonds is 2. The Hall–Kier alpha value is -0.820. The molecule has 0 spiro atoms. The van der Waals surface area contributed by atoms with Gasteiger partial charge in [-0.3, -0.25) is 0 Å². The third kappa shape index (κ3) is 2.07. The molecule has 0 aliphatic carbocycles. The first-order chi connectivity index (χ1) is 7.22. The molecule has 0 radical (unpaired) electrons. The molecule has 0 fully saturated rings. The van der Waals surface area contributed by atoms with Crippen LogP contribution in [-0.4, -0.2) is 0 Å². The second-order valence-corrected chi connectivity index (χ2v) is 4.88. The summed E-state index contributed by atoms with van der Waals surface area (Å²) in [5, 5.41) is 2.62. The average Bonchev–Trinajstić information content (AvgIpc) is 2.28. The van der Waals surface area contributed by atoms with Crippen molar-refractivity contribution in [1.29, 1.82) is 0 Å². The second-order valence-electron chi connectivity index (χ2n) is 4.03. The molecule has 1 atom stereocenters. The molecule has 0 aliphatic heterocycles. The Balaban J connectivity index is 2.59. The summed E-state index contributed by atoms with van der Waals surface area (Å²) >= 11 is 3.60. The van der Waals surface area contributed by atoms with Gasteiger partial charge in [-0.2, -0.15) is 0 Å². The third-order valence-corrected chi connectivity index (χ3v) is 3.73. The van der Waals surface area contributed by atoms with Gasteiger partial charge >= 0.3 is 0 Å². The minimum absolute atomic E-state index is 0.640. The van der Waals surface area contributed by atoms with E-state index in [0.717, 1.165) is 0 Å². The lowest BCUT2D eigenvalue weighted by atomic mass is 9.96. The molecule has 1 unspecified atom stereocenters.